The zero-order valence-electron chi connectivity index (χ0n) is 27.0. The molecule has 0 heterocycles. The highest BCUT2D eigenvalue weighted by Crippen LogP contribution is 2.67. The molecule has 1 N–H and O–H groups in total. The van der Waals surface area contributed by atoms with E-state index in [1.807, 2.05) is 0 Å². The minimum Gasteiger partial charge on any atom is -0.393 e. The standard InChI is InChI=1S/C29H50O/c1-7-21(19(2)3)9-8-20(4)25-12-13-26-24-11-10-22-18-23(30)14-16-28(22,5)27(24)15-17-29(25,26)6/h10,19-21,23-27,30H,7-9,11-18H2,1-6H3/t20-,21-,23+,24+,25-,26+,27+,28+,29-/m1/s1/i1D3,7D2,9D,21D/t9?,20-,21-,23+,24+,25-,26+,27+,28+,29-. The second-order valence-corrected chi connectivity index (χ2v) is 12.0. The summed E-state index contributed by atoms with van der Waals surface area (Å²) in [5, 5.41) is 10.3. The molecule has 3 saturated carbocycles. The summed E-state index contributed by atoms with van der Waals surface area (Å²) in [5.74, 6) is -0.0881. The Morgan fingerprint density at radius 2 is 1.97 bits per heavy atom. The average Bonchev–Trinajstić information content (AvgIpc) is 3.15. The van der Waals surface area contributed by atoms with Gasteiger partial charge in [0.1, 0.15) is 0 Å². The molecule has 0 saturated heterocycles. The fraction of sp³-hybridized carbons (Fsp3) is 0.931. The van der Waals surface area contributed by atoms with Crippen LogP contribution in [0.25, 0.3) is 0 Å². The maximum absolute atomic E-state index is 10.3. The minimum absolute atomic E-state index is 0.139. The van der Waals surface area contributed by atoms with Crippen molar-refractivity contribution in [3.63, 3.8) is 0 Å². The molecule has 0 amide bonds. The lowest BCUT2D eigenvalue weighted by Crippen LogP contribution is -2.50. The van der Waals surface area contributed by atoms with Crippen LogP contribution >= 0.6 is 0 Å². The lowest BCUT2D eigenvalue weighted by Gasteiger charge is -2.58. The van der Waals surface area contributed by atoms with Crippen LogP contribution in [-0.2, 0) is 0 Å². The quantitative estimate of drug-likeness (QED) is 0.430. The molecule has 10 atom stereocenters. The monoisotopic (exact) mass is 421 g/mol. The number of aliphatic hydroxyl groups excluding tert-OH is 1. The zero-order chi connectivity index (χ0) is 27.8. The van der Waals surface area contributed by atoms with Crippen LogP contribution in [0, 0.1) is 52.2 Å². The van der Waals surface area contributed by atoms with Gasteiger partial charge in [0.2, 0.25) is 0 Å². The summed E-state index contributed by atoms with van der Waals surface area (Å²) in [4.78, 5) is 0. The van der Waals surface area contributed by atoms with E-state index in [0.29, 0.717) is 30.1 Å². The molecule has 4 aliphatic rings. The normalized spacial score (nSPS) is 51.8. The molecule has 0 aromatic heterocycles. The van der Waals surface area contributed by atoms with Crippen LogP contribution in [0.5, 0.6) is 0 Å². The van der Waals surface area contributed by atoms with Crippen molar-refractivity contribution < 1.29 is 14.7 Å². The largest absolute Gasteiger partial charge is 0.393 e. The molecular weight excluding hydrogens is 364 g/mol. The van der Waals surface area contributed by atoms with Crippen molar-refractivity contribution in [2.24, 2.45) is 52.2 Å². The maximum Gasteiger partial charge on any atom is 0.0577 e. The van der Waals surface area contributed by atoms with Gasteiger partial charge in [0.15, 0.2) is 0 Å². The first-order valence-corrected chi connectivity index (χ1v) is 12.7. The van der Waals surface area contributed by atoms with E-state index in [2.05, 4.69) is 26.8 Å². The highest BCUT2D eigenvalue weighted by atomic mass is 16.3. The summed E-state index contributed by atoms with van der Waals surface area (Å²) in [6.45, 7) is 7.50. The summed E-state index contributed by atoms with van der Waals surface area (Å²) >= 11 is 0. The van der Waals surface area contributed by atoms with Crippen molar-refractivity contribution in [2.75, 3.05) is 0 Å². The highest BCUT2D eigenvalue weighted by molar-refractivity contribution is 5.25. The van der Waals surface area contributed by atoms with E-state index in [1.54, 1.807) is 13.8 Å². The zero-order valence-corrected chi connectivity index (χ0v) is 20.0. The third-order valence-electron chi connectivity index (χ3n) is 10.3. The number of rotatable bonds is 6. The van der Waals surface area contributed by atoms with E-state index < -0.39 is 31.4 Å². The van der Waals surface area contributed by atoms with Gasteiger partial charge in [-0.25, -0.2) is 0 Å². The van der Waals surface area contributed by atoms with E-state index in [-0.39, 0.29) is 22.9 Å². The molecule has 0 aliphatic heterocycles. The van der Waals surface area contributed by atoms with Crippen LogP contribution in [-0.4, -0.2) is 11.2 Å². The van der Waals surface area contributed by atoms with Crippen molar-refractivity contribution in [3.8, 4) is 0 Å². The molecule has 0 spiro atoms. The first kappa shape index (κ1) is 15.5. The molecule has 0 aromatic carbocycles. The lowest BCUT2D eigenvalue weighted by atomic mass is 9.47. The summed E-state index contributed by atoms with van der Waals surface area (Å²) in [7, 11) is 0. The summed E-state index contributed by atoms with van der Waals surface area (Å²) < 4.78 is 58.2. The van der Waals surface area contributed by atoms with Crippen molar-refractivity contribution in [3.05, 3.63) is 11.6 Å². The molecule has 0 bridgehead atoms. The number of hydrogen-bond acceptors (Lipinski definition) is 1. The topological polar surface area (TPSA) is 20.2 Å². The molecule has 30 heavy (non-hydrogen) atoms. The van der Waals surface area contributed by atoms with E-state index >= 15 is 0 Å². The molecule has 4 aliphatic carbocycles. The molecule has 172 valence electrons. The van der Waals surface area contributed by atoms with Crippen LogP contribution in [0.3, 0.4) is 0 Å². The first-order chi connectivity index (χ1) is 16.9. The second kappa shape index (κ2) is 8.57. The van der Waals surface area contributed by atoms with Crippen molar-refractivity contribution in [1.29, 1.82) is 0 Å². The van der Waals surface area contributed by atoms with Crippen LogP contribution in [0.2, 0.25) is 0 Å². The predicted molar refractivity (Wildman–Crippen MR) is 128 cm³/mol. The molecule has 1 heteroatoms. The number of allylic oxidation sites excluding steroid dienone is 1. The van der Waals surface area contributed by atoms with Gasteiger partial charge in [-0.3, -0.25) is 0 Å². The van der Waals surface area contributed by atoms with Crippen LogP contribution in [0.4, 0.5) is 0 Å². The highest BCUT2D eigenvalue weighted by Gasteiger charge is 2.59. The minimum atomic E-state index is -2.94. The van der Waals surface area contributed by atoms with Crippen molar-refractivity contribution in [1.82, 2.24) is 0 Å². The Labute approximate surface area is 197 Å². The van der Waals surface area contributed by atoms with Gasteiger partial charge in [-0.15, -0.1) is 0 Å². The van der Waals surface area contributed by atoms with Crippen molar-refractivity contribution >= 4 is 0 Å². The third kappa shape index (κ3) is 3.74. The Hall–Kier alpha value is -0.300. The maximum atomic E-state index is 10.3. The van der Waals surface area contributed by atoms with Crippen LogP contribution in [0.15, 0.2) is 11.6 Å². The molecule has 4 rings (SSSR count). The number of aliphatic hydroxyl groups is 1. The van der Waals surface area contributed by atoms with E-state index in [0.717, 1.165) is 38.5 Å². The lowest BCUT2D eigenvalue weighted by molar-refractivity contribution is -0.0575. The summed E-state index contributed by atoms with van der Waals surface area (Å²) in [6.07, 6.45) is 7.33. The first-order valence-electron chi connectivity index (χ1n) is 16.3. The predicted octanol–water partition coefficient (Wildman–Crippen LogP) is 8.02. The summed E-state index contributed by atoms with van der Waals surface area (Å²) in [6, 6.07) is 0. The Morgan fingerprint density at radius 1 is 1.17 bits per heavy atom. The fourth-order valence-corrected chi connectivity index (χ4v) is 8.53. The Kier molecular flexibility index (Phi) is 4.43. The van der Waals surface area contributed by atoms with Gasteiger partial charge < -0.3 is 5.11 Å². The van der Waals surface area contributed by atoms with E-state index in [9.17, 15) is 5.11 Å². The second-order valence-electron chi connectivity index (χ2n) is 12.0. The van der Waals surface area contributed by atoms with E-state index in [1.165, 1.54) is 18.4 Å². The molecule has 1 unspecified atom stereocenters. The number of fused-ring (bicyclic) bond motifs is 5. The van der Waals surface area contributed by atoms with Gasteiger partial charge in [-0.1, -0.05) is 65.9 Å². The fourth-order valence-electron chi connectivity index (χ4n) is 8.53. The van der Waals surface area contributed by atoms with Gasteiger partial charge in [0.05, 0.1) is 6.10 Å². The molecule has 3 fully saturated rings. The van der Waals surface area contributed by atoms with Gasteiger partial charge in [0, 0.05) is 9.60 Å². The molecular formula is C29H50O. The smallest absolute Gasteiger partial charge is 0.0577 e. The Balaban J connectivity index is 1.53. The third-order valence-corrected chi connectivity index (χ3v) is 10.3. The number of hydrogen-bond donors (Lipinski definition) is 1. The van der Waals surface area contributed by atoms with Crippen LogP contribution < -0.4 is 0 Å². The van der Waals surface area contributed by atoms with Crippen LogP contribution in [0.1, 0.15) is 122 Å². The van der Waals surface area contributed by atoms with Gasteiger partial charge in [-0.2, -0.15) is 0 Å². The van der Waals surface area contributed by atoms with Gasteiger partial charge in [0.25, 0.3) is 0 Å². The Morgan fingerprint density at radius 3 is 2.70 bits per heavy atom. The van der Waals surface area contributed by atoms with Gasteiger partial charge >= 0.3 is 0 Å². The molecule has 0 aromatic rings. The summed E-state index contributed by atoms with van der Waals surface area (Å²) in [5.41, 5.74) is 1.87. The Bertz CT molecular complexity index is 884. The van der Waals surface area contributed by atoms with E-state index in [4.69, 9.17) is 9.60 Å². The molecule has 0 radical (unpaired) electrons. The SMILES string of the molecule is [2H]C(C[C@@H](C)[C@H]1CC[C@H]2[C@@H]3CC=C4C[C@@H](O)CC[C@]4(C)[C@H]3CC[C@]12C)[C@]([2H])(C(C)C)C([2H])([2H])C([2H])([2H])[2H]. The van der Waals surface area contributed by atoms with Gasteiger partial charge in [-0.05, 0) is 110 Å². The molecule has 1 nitrogen and oxygen atoms in total. The average molecular weight is 422 g/mol. The van der Waals surface area contributed by atoms with Crippen molar-refractivity contribution in [2.45, 2.75) is 118 Å².